The van der Waals surface area contributed by atoms with Gasteiger partial charge in [-0.15, -0.1) is 0 Å². The van der Waals surface area contributed by atoms with Gasteiger partial charge in [0.25, 0.3) is 0 Å². The van der Waals surface area contributed by atoms with E-state index in [9.17, 15) is 0 Å². The second kappa shape index (κ2) is 2.78. The van der Waals surface area contributed by atoms with Gasteiger partial charge in [0.2, 0.25) is 0 Å². The van der Waals surface area contributed by atoms with Crippen molar-refractivity contribution in [3.8, 4) is 0 Å². The van der Waals surface area contributed by atoms with E-state index in [4.69, 9.17) is 5.73 Å². The smallest absolute Gasteiger partial charge is 0.0892 e. The van der Waals surface area contributed by atoms with E-state index in [1.807, 2.05) is 23.1 Å². The van der Waals surface area contributed by atoms with Gasteiger partial charge in [0.15, 0.2) is 0 Å². The maximum Gasteiger partial charge on any atom is 0.0892 e. The average Bonchev–Trinajstić information content (AvgIpc) is 2.97. The van der Waals surface area contributed by atoms with Crippen LogP contribution in [0.25, 0.3) is 5.52 Å². The molecule has 0 aromatic carbocycles. The van der Waals surface area contributed by atoms with Gasteiger partial charge in [0.05, 0.1) is 17.9 Å². The van der Waals surface area contributed by atoms with Crippen LogP contribution in [0, 0.1) is 5.92 Å². The molecule has 0 bridgehead atoms. The Balaban J connectivity index is 2.11. The fourth-order valence-electron chi connectivity index (χ4n) is 1.82. The van der Waals surface area contributed by atoms with Gasteiger partial charge in [0, 0.05) is 24.0 Å². The monoisotopic (exact) mass is 188 g/mol. The first-order valence-corrected chi connectivity index (χ1v) is 4.89. The zero-order chi connectivity index (χ0) is 9.54. The molecule has 0 amide bonds. The van der Waals surface area contributed by atoms with E-state index in [1.165, 1.54) is 12.8 Å². The molecule has 14 heavy (non-hydrogen) atoms. The van der Waals surface area contributed by atoms with Crippen molar-refractivity contribution in [1.29, 1.82) is 0 Å². The zero-order valence-corrected chi connectivity index (χ0v) is 7.80. The van der Waals surface area contributed by atoms with Crippen LogP contribution in [0.4, 0.5) is 0 Å². The predicted molar refractivity (Wildman–Crippen MR) is 52.6 cm³/mol. The minimum Gasteiger partial charge on any atom is -0.324 e. The lowest BCUT2D eigenvalue weighted by molar-refractivity contribution is 0.638. The van der Waals surface area contributed by atoms with Gasteiger partial charge in [-0.1, -0.05) is 0 Å². The number of nitrogens with zero attached hydrogens (tertiary/aromatic N) is 3. The van der Waals surface area contributed by atoms with E-state index < -0.39 is 0 Å². The van der Waals surface area contributed by atoms with E-state index >= 15 is 0 Å². The Hall–Kier alpha value is -1.42. The molecule has 3 rings (SSSR count). The van der Waals surface area contributed by atoms with Crippen molar-refractivity contribution < 1.29 is 0 Å². The molecule has 72 valence electrons. The van der Waals surface area contributed by atoms with Crippen molar-refractivity contribution in [2.45, 2.75) is 18.9 Å². The highest BCUT2D eigenvalue weighted by Crippen LogP contribution is 2.40. The van der Waals surface area contributed by atoms with E-state index in [-0.39, 0.29) is 6.04 Å². The summed E-state index contributed by atoms with van der Waals surface area (Å²) in [6, 6.07) is 0.136. The molecule has 1 aliphatic rings. The Kier molecular flexibility index (Phi) is 1.58. The molecule has 0 aliphatic heterocycles. The molecule has 2 aromatic heterocycles. The molecule has 4 nitrogen and oxygen atoms in total. The quantitative estimate of drug-likeness (QED) is 0.768. The Morgan fingerprint density at radius 2 is 2.29 bits per heavy atom. The number of rotatable bonds is 2. The lowest BCUT2D eigenvalue weighted by Gasteiger charge is -2.07. The number of hydrogen-bond donors (Lipinski definition) is 1. The van der Waals surface area contributed by atoms with E-state index in [2.05, 4.69) is 10.1 Å². The third-order valence-electron chi connectivity index (χ3n) is 2.84. The summed E-state index contributed by atoms with van der Waals surface area (Å²) < 4.78 is 1.82. The number of nitrogens with two attached hydrogens (primary N) is 1. The predicted octanol–water partition coefficient (Wildman–Crippen LogP) is 1.14. The van der Waals surface area contributed by atoms with Gasteiger partial charge in [-0.2, -0.15) is 5.10 Å². The van der Waals surface area contributed by atoms with Gasteiger partial charge in [-0.3, -0.25) is 4.98 Å². The zero-order valence-electron chi connectivity index (χ0n) is 7.80. The Morgan fingerprint density at radius 3 is 3.07 bits per heavy atom. The minimum absolute atomic E-state index is 0.136. The van der Waals surface area contributed by atoms with Crippen LogP contribution in [-0.2, 0) is 0 Å². The fraction of sp³-hybridized carbons (Fsp3) is 0.400. The summed E-state index contributed by atoms with van der Waals surface area (Å²) in [4.78, 5) is 4.09. The first-order chi connectivity index (χ1) is 6.86. The molecular weight excluding hydrogens is 176 g/mol. The summed E-state index contributed by atoms with van der Waals surface area (Å²) >= 11 is 0. The van der Waals surface area contributed by atoms with Gasteiger partial charge in [-0.25, -0.2) is 4.52 Å². The van der Waals surface area contributed by atoms with Crippen LogP contribution in [0.1, 0.15) is 24.4 Å². The maximum absolute atomic E-state index is 6.13. The molecule has 0 radical (unpaired) electrons. The molecule has 1 atom stereocenters. The van der Waals surface area contributed by atoms with Crippen LogP contribution in [0.15, 0.2) is 24.8 Å². The van der Waals surface area contributed by atoms with E-state index in [1.54, 1.807) is 6.20 Å². The highest BCUT2D eigenvalue weighted by atomic mass is 15.2. The molecule has 1 unspecified atom stereocenters. The lowest BCUT2D eigenvalue weighted by Crippen LogP contribution is -2.11. The molecule has 2 N–H and O–H groups in total. The van der Waals surface area contributed by atoms with E-state index in [0.29, 0.717) is 5.92 Å². The Bertz CT molecular complexity index is 458. The molecule has 1 saturated carbocycles. The standard InChI is InChI=1S/C10H12N4/c11-10(7-1-2-7)8-5-13-14-4-3-12-6-9(8)14/h3-7,10H,1-2,11H2. The van der Waals surface area contributed by atoms with Crippen LogP contribution in [-0.4, -0.2) is 14.6 Å². The molecule has 1 aliphatic carbocycles. The highest BCUT2D eigenvalue weighted by Gasteiger charge is 2.31. The topological polar surface area (TPSA) is 56.2 Å². The van der Waals surface area contributed by atoms with Crippen molar-refractivity contribution in [2.24, 2.45) is 11.7 Å². The first kappa shape index (κ1) is 7.94. The van der Waals surface area contributed by atoms with Gasteiger partial charge in [-0.05, 0) is 18.8 Å². The molecule has 2 heterocycles. The molecule has 0 spiro atoms. The Morgan fingerprint density at radius 1 is 1.43 bits per heavy atom. The summed E-state index contributed by atoms with van der Waals surface area (Å²) in [5, 5.41) is 4.25. The van der Waals surface area contributed by atoms with Crippen LogP contribution < -0.4 is 5.73 Å². The summed E-state index contributed by atoms with van der Waals surface area (Å²) in [5.74, 6) is 0.656. The van der Waals surface area contributed by atoms with Crippen LogP contribution in [0.2, 0.25) is 0 Å². The summed E-state index contributed by atoms with van der Waals surface area (Å²) in [7, 11) is 0. The number of hydrogen-bond acceptors (Lipinski definition) is 3. The minimum atomic E-state index is 0.136. The average molecular weight is 188 g/mol. The van der Waals surface area contributed by atoms with Gasteiger partial charge < -0.3 is 5.73 Å². The lowest BCUT2D eigenvalue weighted by atomic mass is 10.1. The van der Waals surface area contributed by atoms with Crippen LogP contribution >= 0.6 is 0 Å². The maximum atomic E-state index is 6.13. The van der Waals surface area contributed by atoms with Crippen molar-refractivity contribution in [3.05, 3.63) is 30.4 Å². The van der Waals surface area contributed by atoms with Crippen LogP contribution in [0.3, 0.4) is 0 Å². The van der Waals surface area contributed by atoms with Crippen LogP contribution in [0.5, 0.6) is 0 Å². The summed E-state index contributed by atoms with van der Waals surface area (Å²) in [6.07, 6.45) is 9.76. The molecule has 4 heteroatoms. The second-order valence-electron chi connectivity index (χ2n) is 3.87. The SMILES string of the molecule is NC(c1cnn2ccncc12)C1CC1. The molecule has 1 fully saturated rings. The second-order valence-corrected chi connectivity index (χ2v) is 3.87. The first-order valence-electron chi connectivity index (χ1n) is 4.89. The number of aromatic nitrogens is 3. The van der Waals surface area contributed by atoms with Gasteiger partial charge >= 0.3 is 0 Å². The van der Waals surface area contributed by atoms with E-state index in [0.717, 1.165) is 11.1 Å². The third kappa shape index (κ3) is 1.11. The van der Waals surface area contributed by atoms with Crippen molar-refractivity contribution in [3.63, 3.8) is 0 Å². The number of fused-ring (bicyclic) bond motifs is 1. The fourth-order valence-corrected chi connectivity index (χ4v) is 1.82. The van der Waals surface area contributed by atoms with Crippen molar-refractivity contribution in [1.82, 2.24) is 14.6 Å². The van der Waals surface area contributed by atoms with Crippen molar-refractivity contribution >= 4 is 5.52 Å². The third-order valence-corrected chi connectivity index (χ3v) is 2.84. The molecule has 2 aromatic rings. The van der Waals surface area contributed by atoms with Crippen molar-refractivity contribution in [2.75, 3.05) is 0 Å². The molecular formula is C10H12N4. The summed E-state index contributed by atoms with van der Waals surface area (Å²) in [6.45, 7) is 0. The summed E-state index contributed by atoms with van der Waals surface area (Å²) in [5.41, 5.74) is 8.29. The normalized spacial score (nSPS) is 18.6. The van der Waals surface area contributed by atoms with Gasteiger partial charge in [0.1, 0.15) is 0 Å². The molecule has 0 saturated heterocycles. The largest absolute Gasteiger partial charge is 0.324 e. The Labute approximate surface area is 81.8 Å². The highest BCUT2D eigenvalue weighted by molar-refractivity contribution is 5.53.